The van der Waals surface area contributed by atoms with Crippen molar-refractivity contribution in [1.82, 2.24) is 14.6 Å². The third-order valence-corrected chi connectivity index (χ3v) is 4.91. The summed E-state index contributed by atoms with van der Waals surface area (Å²) in [6.07, 6.45) is 5.94. The van der Waals surface area contributed by atoms with Crippen LogP contribution in [0.25, 0.3) is 27.9 Å². The van der Waals surface area contributed by atoms with Gasteiger partial charge < -0.3 is 5.32 Å². The Balaban J connectivity index is 1.71. The molecule has 0 aliphatic heterocycles. The van der Waals surface area contributed by atoms with Crippen molar-refractivity contribution in [3.05, 3.63) is 71.8 Å². The molecule has 4 aromatic rings. The molecule has 1 fully saturated rings. The van der Waals surface area contributed by atoms with Crippen molar-refractivity contribution in [2.24, 2.45) is 0 Å². The second kappa shape index (κ2) is 6.35. The zero-order chi connectivity index (χ0) is 18.4. The second-order valence-corrected chi connectivity index (χ2v) is 7.19. The molecular formula is C21H16ClFN4. The molecule has 5 rings (SSSR count). The lowest BCUT2D eigenvalue weighted by molar-refractivity contribution is 0.628. The molecule has 0 bridgehead atoms. The smallest absolute Gasteiger partial charge is 0.126 e. The molecule has 0 spiro atoms. The van der Waals surface area contributed by atoms with Crippen LogP contribution in [0.4, 0.5) is 10.2 Å². The normalized spacial score (nSPS) is 13.9. The van der Waals surface area contributed by atoms with E-state index in [1.54, 1.807) is 29.0 Å². The lowest BCUT2D eigenvalue weighted by Crippen LogP contribution is -2.02. The number of fused-ring (bicyclic) bond motifs is 1. The molecule has 0 amide bonds. The molecule has 1 aromatic carbocycles. The molecule has 0 unspecified atom stereocenters. The molecule has 134 valence electrons. The van der Waals surface area contributed by atoms with Crippen LogP contribution in [0.15, 0.2) is 60.9 Å². The molecule has 1 aliphatic rings. The van der Waals surface area contributed by atoms with Gasteiger partial charge in [0.15, 0.2) is 0 Å². The fourth-order valence-corrected chi connectivity index (χ4v) is 3.38. The van der Waals surface area contributed by atoms with Crippen LogP contribution < -0.4 is 5.32 Å². The first-order valence-electron chi connectivity index (χ1n) is 8.84. The first-order chi connectivity index (χ1) is 13.2. The van der Waals surface area contributed by atoms with E-state index in [0.717, 1.165) is 33.7 Å². The predicted molar refractivity (Wildman–Crippen MR) is 105 cm³/mol. The summed E-state index contributed by atoms with van der Waals surface area (Å²) in [5, 5.41) is 8.76. The van der Waals surface area contributed by atoms with Gasteiger partial charge >= 0.3 is 0 Å². The highest BCUT2D eigenvalue weighted by molar-refractivity contribution is 6.30. The van der Waals surface area contributed by atoms with Crippen LogP contribution in [-0.4, -0.2) is 20.6 Å². The Kier molecular flexibility index (Phi) is 3.83. The van der Waals surface area contributed by atoms with Crippen molar-refractivity contribution in [1.29, 1.82) is 0 Å². The van der Waals surface area contributed by atoms with Crippen molar-refractivity contribution in [2.75, 3.05) is 5.32 Å². The highest BCUT2D eigenvalue weighted by Gasteiger charge is 2.22. The summed E-state index contributed by atoms with van der Waals surface area (Å²) < 4.78 is 15.2. The van der Waals surface area contributed by atoms with Crippen molar-refractivity contribution >= 4 is 22.9 Å². The van der Waals surface area contributed by atoms with Gasteiger partial charge in [-0.1, -0.05) is 11.6 Å². The van der Waals surface area contributed by atoms with Gasteiger partial charge in [-0.3, -0.25) is 0 Å². The summed E-state index contributed by atoms with van der Waals surface area (Å²) in [5.74, 6) is 0.584. The lowest BCUT2D eigenvalue weighted by atomic mass is 10.0. The minimum atomic E-state index is -0.271. The Morgan fingerprint density at radius 1 is 1.04 bits per heavy atom. The summed E-state index contributed by atoms with van der Waals surface area (Å²) in [5.41, 5.74) is 4.53. The van der Waals surface area contributed by atoms with E-state index < -0.39 is 0 Å². The first-order valence-corrected chi connectivity index (χ1v) is 9.22. The van der Waals surface area contributed by atoms with Crippen molar-refractivity contribution in [3.63, 3.8) is 0 Å². The van der Waals surface area contributed by atoms with E-state index in [0.29, 0.717) is 11.1 Å². The van der Waals surface area contributed by atoms with E-state index in [2.05, 4.69) is 10.3 Å². The maximum absolute atomic E-state index is 13.4. The van der Waals surface area contributed by atoms with Crippen LogP contribution in [0, 0.1) is 5.82 Å². The van der Waals surface area contributed by atoms with Gasteiger partial charge in [-0.25, -0.2) is 13.9 Å². The number of nitrogens with zero attached hydrogens (tertiary/aromatic N) is 3. The zero-order valence-electron chi connectivity index (χ0n) is 14.4. The topological polar surface area (TPSA) is 42.2 Å². The molecule has 3 heterocycles. The molecule has 0 atom stereocenters. The molecule has 0 radical (unpaired) electrons. The van der Waals surface area contributed by atoms with Gasteiger partial charge in [0.2, 0.25) is 0 Å². The van der Waals surface area contributed by atoms with Gasteiger partial charge in [0.1, 0.15) is 17.3 Å². The van der Waals surface area contributed by atoms with E-state index in [-0.39, 0.29) is 5.82 Å². The average Bonchev–Trinajstić information content (AvgIpc) is 3.40. The lowest BCUT2D eigenvalue weighted by Gasteiger charge is -2.08. The third-order valence-electron chi connectivity index (χ3n) is 4.69. The highest BCUT2D eigenvalue weighted by atomic mass is 35.5. The monoisotopic (exact) mass is 378 g/mol. The average molecular weight is 379 g/mol. The van der Waals surface area contributed by atoms with Gasteiger partial charge in [-0.15, -0.1) is 0 Å². The van der Waals surface area contributed by atoms with Gasteiger partial charge in [-0.2, -0.15) is 5.10 Å². The van der Waals surface area contributed by atoms with Crippen LogP contribution in [0.1, 0.15) is 12.8 Å². The number of rotatable bonds is 4. The molecule has 1 aliphatic carbocycles. The maximum Gasteiger partial charge on any atom is 0.126 e. The minimum absolute atomic E-state index is 0.271. The van der Waals surface area contributed by atoms with Gasteiger partial charge in [0.25, 0.3) is 0 Å². The van der Waals surface area contributed by atoms with Crippen molar-refractivity contribution in [3.8, 4) is 22.4 Å². The fourth-order valence-electron chi connectivity index (χ4n) is 3.22. The third kappa shape index (κ3) is 3.15. The molecule has 4 nitrogen and oxygen atoms in total. The fraction of sp³-hybridized carbons (Fsp3) is 0.143. The standard InChI is InChI=1S/C21H16ClFN4/c22-15-3-8-18-20(14-9-10-24-19(11-14)25-17-6-7-17)21(26-27(18)12-15)13-1-4-16(23)5-2-13/h1-5,8-12,17H,6-7H2,(H,24,25). The van der Waals surface area contributed by atoms with E-state index >= 15 is 0 Å². The van der Waals surface area contributed by atoms with Gasteiger partial charge in [0.05, 0.1) is 10.5 Å². The number of hydrogen-bond acceptors (Lipinski definition) is 3. The second-order valence-electron chi connectivity index (χ2n) is 6.76. The molecule has 6 heteroatoms. The summed E-state index contributed by atoms with van der Waals surface area (Å²) in [6, 6.07) is 14.7. The van der Waals surface area contributed by atoms with Crippen LogP contribution in [0.5, 0.6) is 0 Å². The van der Waals surface area contributed by atoms with Crippen LogP contribution in [0.3, 0.4) is 0 Å². The van der Waals surface area contributed by atoms with E-state index in [1.807, 2.05) is 24.3 Å². The zero-order valence-corrected chi connectivity index (χ0v) is 15.1. The van der Waals surface area contributed by atoms with Crippen LogP contribution >= 0.6 is 11.6 Å². The summed E-state index contributed by atoms with van der Waals surface area (Å²) in [6.45, 7) is 0. The van der Waals surface area contributed by atoms with Gasteiger partial charge in [0, 0.05) is 29.6 Å². The Hall–Kier alpha value is -2.92. The Morgan fingerprint density at radius 3 is 2.63 bits per heavy atom. The highest BCUT2D eigenvalue weighted by Crippen LogP contribution is 2.36. The first kappa shape index (κ1) is 16.3. The quantitative estimate of drug-likeness (QED) is 0.515. The van der Waals surface area contributed by atoms with E-state index in [1.165, 1.54) is 25.0 Å². The number of aromatic nitrogens is 3. The van der Waals surface area contributed by atoms with Gasteiger partial charge in [-0.05, 0) is 66.9 Å². The minimum Gasteiger partial charge on any atom is -0.367 e. The molecular weight excluding hydrogens is 363 g/mol. The van der Waals surface area contributed by atoms with Crippen LogP contribution in [-0.2, 0) is 0 Å². The Labute approximate surface area is 160 Å². The van der Waals surface area contributed by atoms with Crippen molar-refractivity contribution < 1.29 is 4.39 Å². The molecule has 1 N–H and O–H groups in total. The Morgan fingerprint density at radius 2 is 1.85 bits per heavy atom. The number of pyridine rings is 2. The molecule has 27 heavy (non-hydrogen) atoms. The predicted octanol–water partition coefficient (Wildman–Crippen LogP) is 5.43. The van der Waals surface area contributed by atoms with E-state index in [4.69, 9.17) is 16.7 Å². The SMILES string of the molecule is Fc1ccc(-c2nn3cc(Cl)ccc3c2-c2ccnc(NC3CC3)c2)cc1. The molecule has 1 saturated carbocycles. The number of nitrogens with one attached hydrogen (secondary N) is 1. The number of anilines is 1. The number of hydrogen-bond donors (Lipinski definition) is 1. The number of halogens is 2. The van der Waals surface area contributed by atoms with Crippen LogP contribution in [0.2, 0.25) is 5.02 Å². The summed E-state index contributed by atoms with van der Waals surface area (Å²) in [4.78, 5) is 4.43. The molecule has 0 saturated heterocycles. The summed E-state index contributed by atoms with van der Waals surface area (Å²) >= 11 is 6.15. The van der Waals surface area contributed by atoms with E-state index in [9.17, 15) is 4.39 Å². The Bertz CT molecular complexity index is 1130. The summed E-state index contributed by atoms with van der Waals surface area (Å²) in [7, 11) is 0. The largest absolute Gasteiger partial charge is 0.367 e. The number of benzene rings is 1. The molecule has 3 aromatic heterocycles. The maximum atomic E-state index is 13.4. The van der Waals surface area contributed by atoms with Crippen molar-refractivity contribution in [2.45, 2.75) is 18.9 Å².